The van der Waals surface area contributed by atoms with Crippen molar-refractivity contribution in [2.45, 2.75) is 54.8 Å². The molecule has 1 aliphatic rings. The van der Waals surface area contributed by atoms with Crippen LogP contribution in [0.15, 0.2) is 29.2 Å². The molecule has 1 fully saturated rings. The minimum absolute atomic E-state index is 0.199. The van der Waals surface area contributed by atoms with Gasteiger partial charge in [-0.3, -0.25) is 0 Å². The third-order valence-corrected chi connectivity index (χ3v) is 4.63. The highest BCUT2D eigenvalue weighted by Gasteiger charge is 2.28. The van der Waals surface area contributed by atoms with Gasteiger partial charge in [0.2, 0.25) is 0 Å². The Bertz CT molecular complexity index is 521. The van der Waals surface area contributed by atoms with Gasteiger partial charge in [0.05, 0.1) is 5.60 Å². The summed E-state index contributed by atoms with van der Waals surface area (Å²) < 4.78 is 24.7. The summed E-state index contributed by atoms with van der Waals surface area (Å²) >= 11 is 0.432. The molecule has 1 aromatic rings. The van der Waals surface area contributed by atoms with Crippen molar-refractivity contribution in [2.24, 2.45) is 0 Å². The van der Waals surface area contributed by atoms with E-state index in [0.717, 1.165) is 25.7 Å². The average molecular weight is 344 g/mol. The molecule has 0 aliphatic heterocycles. The van der Waals surface area contributed by atoms with E-state index in [2.05, 4.69) is 10.6 Å². The van der Waals surface area contributed by atoms with Crippen LogP contribution in [0.25, 0.3) is 0 Å². The van der Waals surface area contributed by atoms with Crippen molar-refractivity contribution in [2.75, 3.05) is 11.9 Å². The maximum absolute atomic E-state index is 12.4. The van der Waals surface area contributed by atoms with E-state index in [4.69, 9.17) is 0 Å². The number of aliphatic hydroxyl groups is 1. The average Bonchev–Trinajstić information content (AvgIpc) is 2.70. The van der Waals surface area contributed by atoms with Crippen molar-refractivity contribution in [3.8, 4) is 0 Å². The molecule has 2 rings (SSSR count). The van der Waals surface area contributed by atoms with E-state index in [9.17, 15) is 18.7 Å². The fourth-order valence-corrected chi connectivity index (χ4v) is 3.29. The lowest BCUT2D eigenvalue weighted by atomic mass is 9.95. The molecule has 4 nitrogen and oxygen atoms in total. The van der Waals surface area contributed by atoms with Crippen molar-refractivity contribution < 1.29 is 18.7 Å². The number of amides is 2. The van der Waals surface area contributed by atoms with Gasteiger partial charge in [0.1, 0.15) is 0 Å². The van der Waals surface area contributed by atoms with Gasteiger partial charge in [-0.1, -0.05) is 43.5 Å². The SMILES string of the molecule is O=C(NCC1(O)CCCCCC1)Nc1cccc(SC(F)F)c1. The summed E-state index contributed by atoms with van der Waals surface area (Å²) in [5.41, 5.74) is -0.401. The minimum atomic E-state index is -2.50. The van der Waals surface area contributed by atoms with Crippen LogP contribution in [0.2, 0.25) is 0 Å². The molecule has 128 valence electrons. The Morgan fingerprint density at radius 1 is 1.26 bits per heavy atom. The molecule has 0 radical (unpaired) electrons. The number of alkyl halides is 2. The zero-order valence-electron chi connectivity index (χ0n) is 12.9. The quantitative estimate of drug-likeness (QED) is 0.554. The van der Waals surface area contributed by atoms with Gasteiger partial charge >= 0.3 is 6.03 Å². The molecule has 23 heavy (non-hydrogen) atoms. The monoisotopic (exact) mass is 344 g/mol. The number of anilines is 1. The van der Waals surface area contributed by atoms with Gasteiger partial charge < -0.3 is 15.7 Å². The number of nitrogens with one attached hydrogen (secondary N) is 2. The van der Waals surface area contributed by atoms with E-state index in [0.29, 0.717) is 35.2 Å². The van der Waals surface area contributed by atoms with Crippen molar-refractivity contribution in [3.63, 3.8) is 0 Å². The molecule has 1 aliphatic carbocycles. The summed E-state index contributed by atoms with van der Waals surface area (Å²) in [6.45, 7) is 0.199. The predicted molar refractivity (Wildman–Crippen MR) is 88.0 cm³/mol. The fraction of sp³-hybridized carbons (Fsp3) is 0.562. The number of carbonyl (C=O) groups excluding carboxylic acids is 1. The maximum atomic E-state index is 12.4. The number of urea groups is 1. The third kappa shape index (κ3) is 6.35. The minimum Gasteiger partial charge on any atom is -0.388 e. The van der Waals surface area contributed by atoms with E-state index in [1.807, 2.05) is 0 Å². The maximum Gasteiger partial charge on any atom is 0.319 e. The highest BCUT2D eigenvalue weighted by molar-refractivity contribution is 7.99. The van der Waals surface area contributed by atoms with E-state index in [1.54, 1.807) is 18.2 Å². The van der Waals surface area contributed by atoms with Crippen LogP contribution < -0.4 is 10.6 Å². The molecule has 1 saturated carbocycles. The summed E-state index contributed by atoms with van der Waals surface area (Å²) in [5, 5.41) is 15.8. The van der Waals surface area contributed by atoms with Gasteiger partial charge in [-0.15, -0.1) is 0 Å². The van der Waals surface area contributed by atoms with Crippen LogP contribution >= 0.6 is 11.8 Å². The van der Waals surface area contributed by atoms with Crippen LogP contribution in [-0.2, 0) is 0 Å². The number of benzene rings is 1. The van der Waals surface area contributed by atoms with Crippen molar-refractivity contribution in [1.82, 2.24) is 5.32 Å². The molecule has 0 bridgehead atoms. The van der Waals surface area contributed by atoms with Crippen LogP contribution in [-0.4, -0.2) is 29.0 Å². The Balaban J connectivity index is 1.84. The second-order valence-corrected chi connectivity index (χ2v) is 6.92. The predicted octanol–water partition coefficient (Wildman–Crippen LogP) is 4.21. The van der Waals surface area contributed by atoms with E-state index < -0.39 is 17.4 Å². The molecular formula is C16H22F2N2O2S. The Hall–Kier alpha value is -1.34. The third-order valence-electron chi connectivity index (χ3n) is 3.93. The molecule has 0 atom stereocenters. The zero-order chi connectivity index (χ0) is 16.7. The van der Waals surface area contributed by atoms with Crippen LogP contribution in [0.5, 0.6) is 0 Å². The molecule has 0 unspecified atom stereocenters. The summed E-state index contributed by atoms with van der Waals surface area (Å²) in [7, 11) is 0. The topological polar surface area (TPSA) is 61.4 Å². The Morgan fingerprint density at radius 3 is 2.61 bits per heavy atom. The summed E-state index contributed by atoms with van der Waals surface area (Å²) in [6.07, 6.45) is 5.53. The zero-order valence-corrected chi connectivity index (χ0v) is 13.7. The molecule has 3 N–H and O–H groups in total. The number of thioether (sulfide) groups is 1. The molecule has 7 heteroatoms. The number of carbonyl (C=O) groups is 1. The first-order chi connectivity index (χ1) is 11.0. The lowest BCUT2D eigenvalue weighted by molar-refractivity contribution is 0.0281. The Labute approximate surface area is 139 Å². The van der Waals surface area contributed by atoms with Crippen LogP contribution in [0.4, 0.5) is 19.3 Å². The van der Waals surface area contributed by atoms with Gasteiger partial charge in [-0.25, -0.2) is 4.79 Å². The fourth-order valence-electron chi connectivity index (χ4n) is 2.73. The first-order valence-corrected chi connectivity index (χ1v) is 8.67. The lowest BCUT2D eigenvalue weighted by Gasteiger charge is -2.26. The van der Waals surface area contributed by atoms with Crippen molar-refractivity contribution in [1.29, 1.82) is 0 Å². The highest BCUT2D eigenvalue weighted by atomic mass is 32.2. The molecule has 0 spiro atoms. The molecule has 0 aromatic heterocycles. The van der Waals surface area contributed by atoms with Crippen LogP contribution in [0, 0.1) is 0 Å². The second kappa shape index (κ2) is 8.49. The van der Waals surface area contributed by atoms with Gasteiger partial charge in [0, 0.05) is 17.1 Å². The Kier molecular flexibility index (Phi) is 6.65. The van der Waals surface area contributed by atoms with Gasteiger partial charge in [-0.2, -0.15) is 8.78 Å². The number of hydrogen-bond acceptors (Lipinski definition) is 3. The van der Waals surface area contributed by atoms with E-state index in [1.165, 1.54) is 6.07 Å². The van der Waals surface area contributed by atoms with Crippen molar-refractivity contribution >= 4 is 23.5 Å². The summed E-state index contributed by atoms with van der Waals surface area (Å²) in [5.74, 6) is -2.50. The van der Waals surface area contributed by atoms with Crippen LogP contribution in [0.3, 0.4) is 0 Å². The number of hydrogen-bond donors (Lipinski definition) is 3. The first-order valence-electron chi connectivity index (χ1n) is 7.79. The molecular weight excluding hydrogens is 322 g/mol. The normalized spacial score (nSPS) is 17.6. The van der Waals surface area contributed by atoms with Gasteiger partial charge in [0.15, 0.2) is 0 Å². The van der Waals surface area contributed by atoms with E-state index in [-0.39, 0.29) is 6.54 Å². The van der Waals surface area contributed by atoms with Crippen molar-refractivity contribution in [3.05, 3.63) is 24.3 Å². The summed E-state index contributed by atoms with van der Waals surface area (Å²) in [6, 6.07) is 5.86. The lowest BCUT2D eigenvalue weighted by Crippen LogP contribution is -2.44. The van der Waals surface area contributed by atoms with Gasteiger partial charge in [0.25, 0.3) is 5.76 Å². The van der Waals surface area contributed by atoms with E-state index >= 15 is 0 Å². The molecule has 0 heterocycles. The molecule has 2 amide bonds. The number of halogens is 2. The standard InChI is InChI=1S/C16H22F2N2O2S/c17-14(18)23-13-7-5-6-12(10-13)20-15(21)19-11-16(22)8-3-1-2-4-9-16/h5-7,10,14,22H,1-4,8-9,11H2,(H2,19,20,21). The second-order valence-electron chi connectivity index (χ2n) is 5.85. The highest BCUT2D eigenvalue weighted by Crippen LogP contribution is 2.28. The summed E-state index contributed by atoms with van der Waals surface area (Å²) in [4.78, 5) is 12.3. The Morgan fingerprint density at radius 2 is 1.96 bits per heavy atom. The molecule has 1 aromatic carbocycles. The largest absolute Gasteiger partial charge is 0.388 e. The smallest absolute Gasteiger partial charge is 0.319 e. The van der Waals surface area contributed by atoms with Crippen LogP contribution in [0.1, 0.15) is 38.5 Å². The van der Waals surface area contributed by atoms with Gasteiger partial charge in [-0.05, 0) is 31.0 Å². The molecule has 0 saturated heterocycles. The number of rotatable bonds is 5. The first kappa shape index (κ1) is 18.0.